The maximum atomic E-state index is 12.8. The zero-order valence-electron chi connectivity index (χ0n) is 15.9. The molecule has 2 aromatic carbocycles. The van der Waals surface area contributed by atoms with Gasteiger partial charge in [-0.15, -0.1) is 0 Å². The maximum Gasteiger partial charge on any atom is 0.253 e. The number of rotatable bonds is 6. The zero-order valence-corrected chi connectivity index (χ0v) is 16.7. The lowest BCUT2D eigenvalue weighted by Crippen LogP contribution is -2.48. The van der Waals surface area contributed by atoms with Crippen LogP contribution in [0.5, 0.6) is 0 Å². The van der Waals surface area contributed by atoms with Crippen molar-refractivity contribution in [1.82, 2.24) is 14.5 Å². The lowest BCUT2D eigenvalue weighted by molar-refractivity contribution is 0.0650. The quantitative estimate of drug-likeness (QED) is 0.807. The summed E-state index contributed by atoms with van der Waals surface area (Å²) in [6, 6.07) is 16.3. The molecule has 1 amide bonds. The molecule has 0 aliphatic carbocycles. The van der Waals surface area contributed by atoms with Gasteiger partial charge in [-0.2, -0.15) is 0 Å². The molecule has 6 nitrogen and oxygen atoms in total. The van der Waals surface area contributed by atoms with Crippen LogP contribution in [-0.2, 0) is 10.0 Å². The predicted octanol–water partition coefficient (Wildman–Crippen LogP) is 2.07. The first-order valence-electron chi connectivity index (χ1n) is 9.26. The van der Waals surface area contributed by atoms with Crippen LogP contribution < -0.4 is 4.72 Å². The molecule has 148 valence electrons. The monoisotopic (exact) mass is 399 g/mol. The number of carbonyl (C=O) groups excluding carboxylic acids is 1. The van der Waals surface area contributed by atoms with Crippen molar-refractivity contribution in [1.29, 1.82) is 0 Å². The first kappa shape index (κ1) is 20.3. The Labute approximate surface area is 166 Å². The van der Waals surface area contributed by atoms with Crippen LogP contribution in [0.25, 0.3) is 6.08 Å². The van der Waals surface area contributed by atoms with E-state index in [1.807, 2.05) is 18.2 Å². The summed E-state index contributed by atoms with van der Waals surface area (Å²) in [5.41, 5.74) is 1.57. The molecule has 1 saturated heterocycles. The van der Waals surface area contributed by atoms with Gasteiger partial charge in [0.2, 0.25) is 10.0 Å². The summed E-state index contributed by atoms with van der Waals surface area (Å²) in [6.07, 6.45) is 4.24. The molecule has 1 aliphatic heterocycles. The summed E-state index contributed by atoms with van der Waals surface area (Å²) in [6.45, 7) is 3.67. The SMILES string of the molecule is CNS(=O)(=O)c1cccc(C(=O)N2CCN(C/C=C/c3ccccc3)CC2)c1. The summed E-state index contributed by atoms with van der Waals surface area (Å²) in [5, 5.41) is 0. The van der Waals surface area contributed by atoms with Crippen molar-refractivity contribution >= 4 is 22.0 Å². The Bertz CT molecular complexity index is 934. The fraction of sp³-hybridized carbons (Fsp3) is 0.286. The molecule has 3 rings (SSSR count). The second kappa shape index (κ2) is 9.14. The second-order valence-corrected chi connectivity index (χ2v) is 8.53. The van der Waals surface area contributed by atoms with Crippen molar-refractivity contribution in [2.24, 2.45) is 0 Å². The minimum Gasteiger partial charge on any atom is -0.336 e. The predicted molar refractivity (Wildman–Crippen MR) is 111 cm³/mol. The van der Waals surface area contributed by atoms with Gasteiger partial charge in [-0.05, 0) is 30.8 Å². The van der Waals surface area contributed by atoms with E-state index < -0.39 is 10.0 Å². The van der Waals surface area contributed by atoms with Crippen molar-refractivity contribution in [3.63, 3.8) is 0 Å². The van der Waals surface area contributed by atoms with E-state index >= 15 is 0 Å². The van der Waals surface area contributed by atoms with Gasteiger partial charge in [0.05, 0.1) is 4.90 Å². The Morgan fingerprint density at radius 1 is 1.04 bits per heavy atom. The summed E-state index contributed by atoms with van der Waals surface area (Å²) in [5.74, 6) is -0.132. The van der Waals surface area contributed by atoms with Crippen LogP contribution >= 0.6 is 0 Å². The highest BCUT2D eigenvalue weighted by Gasteiger charge is 2.22. The number of piperazine rings is 1. The first-order valence-corrected chi connectivity index (χ1v) is 10.7. The molecule has 0 bridgehead atoms. The van der Waals surface area contributed by atoms with Gasteiger partial charge in [0.1, 0.15) is 0 Å². The average molecular weight is 400 g/mol. The number of hydrogen-bond acceptors (Lipinski definition) is 4. The Balaban J connectivity index is 1.55. The van der Waals surface area contributed by atoms with Gasteiger partial charge < -0.3 is 4.90 Å². The molecule has 2 aromatic rings. The Kier molecular flexibility index (Phi) is 6.61. The Hall–Kier alpha value is -2.48. The fourth-order valence-electron chi connectivity index (χ4n) is 3.13. The smallest absolute Gasteiger partial charge is 0.253 e. The standard InChI is InChI=1S/C21H25N3O3S/c1-22-28(26,27)20-11-5-10-19(17-20)21(25)24-15-13-23(14-16-24)12-6-9-18-7-3-2-4-8-18/h2-11,17,22H,12-16H2,1H3/b9-6+. The van der Waals surface area contributed by atoms with Gasteiger partial charge in [0.15, 0.2) is 0 Å². The minimum atomic E-state index is -3.56. The van der Waals surface area contributed by atoms with Gasteiger partial charge in [-0.1, -0.05) is 48.6 Å². The molecule has 1 fully saturated rings. The highest BCUT2D eigenvalue weighted by Crippen LogP contribution is 2.14. The molecule has 1 heterocycles. The topological polar surface area (TPSA) is 69.7 Å². The number of amides is 1. The minimum absolute atomic E-state index is 0.102. The van der Waals surface area contributed by atoms with Crippen molar-refractivity contribution in [3.8, 4) is 0 Å². The molecule has 0 radical (unpaired) electrons. The number of carbonyl (C=O) groups is 1. The van der Waals surface area contributed by atoms with Gasteiger partial charge in [0.25, 0.3) is 5.91 Å². The van der Waals surface area contributed by atoms with Crippen LogP contribution in [0.15, 0.2) is 65.6 Å². The molecule has 1 aliphatic rings. The molecule has 0 spiro atoms. The van der Waals surface area contributed by atoms with Gasteiger partial charge in [0, 0.05) is 38.3 Å². The van der Waals surface area contributed by atoms with E-state index in [1.165, 1.54) is 24.7 Å². The normalized spacial score (nSPS) is 15.8. The van der Waals surface area contributed by atoms with Gasteiger partial charge in [-0.3, -0.25) is 9.69 Å². The highest BCUT2D eigenvalue weighted by atomic mass is 32.2. The third kappa shape index (κ3) is 5.07. The Morgan fingerprint density at radius 3 is 2.43 bits per heavy atom. The number of benzene rings is 2. The average Bonchev–Trinajstić information content (AvgIpc) is 2.74. The van der Waals surface area contributed by atoms with Crippen LogP contribution in [-0.4, -0.2) is 63.9 Å². The molecule has 7 heteroatoms. The fourth-order valence-corrected chi connectivity index (χ4v) is 3.91. The van der Waals surface area contributed by atoms with E-state index in [0.29, 0.717) is 18.7 Å². The van der Waals surface area contributed by atoms with E-state index in [4.69, 9.17) is 0 Å². The van der Waals surface area contributed by atoms with Gasteiger partial charge >= 0.3 is 0 Å². The molecule has 0 saturated carbocycles. The van der Waals surface area contributed by atoms with Crippen LogP contribution in [0.3, 0.4) is 0 Å². The molecule has 0 unspecified atom stereocenters. The van der Waals surface area contributed by atoms with E-state index in [-0.39, 0.29) is 10.8 Å². The largest absolute Gasteiger partial charge is 0.336 e. The van der Waals surface area contributed by atoms with E-state index in [1.54, 1.807) is 17.0 Å². The van der Waals surface area contributed by atoms with Crippen molar-refractivity contribution in [2.75, 3.05) is 39.8 Å². The van der Waals surface area contributed by atoms with E-state index in [2.05, 4.69) is 33.9 Å². The first-order chi connectivity index (χ1) is 13.5. The third-order valence-electron chi connectivity index (χ3n) is 4.79. The summed E-state index contributed by atoms with van der Waals surface area (Å²) >= 11 is 0. The van der Waals surface area contributed by atoms with E-state index in [9.17, 15) is 13.2 Å². The number of nitrogens with one attached hydrogen (secondary N) is 1. The van der Waals surface area contributed by atoms with Gasteiger partial charge in [-0.25, -0.2) is 13.1 Å². The molecule has 28 heavy (non-hydrogen) atoms. The third-order valence-corrected chi connectivity index (χ3v) is 6.20. The van der Waals surface area contributed by atoms with Crippen LogP contribution in [0.1, 0.15) is 15.9 Å². The molecular formula is C21H25N3O3S. The summed E-state index contributed by atoms with van der Waals surface area (Å²) < 4.78 is 26.2. The maximum absolute atomic E-state index is 12.8. The van der Waals surface area contributed by atoms with Crippen molar-refractivity contribution in [2.45, 2.75) is 4.90 Å². The molecule has 1 N–H and O–H groups in total. The lowest BCUT2D eigenvalue weighted by Gasteiger charge is -2.34. The number of hydrogen-bond donors (Lipinski definition) is 1. The lowest BCUT2D eigenvalue weighted by atomic mass is 10.1. The number of sulfonamides is 1. The summed E-state index contributed by atoms with van der Waals surface area (Å²) in [7, 11) is -2.21. The number of nitrogens with zero attached hydrogens (tertiary/aromatic N) is 2. The van der Waals surface area contributed by atoms with Crippen LogP contribution in [0.4, 0.5) is 0 Å². The molecular weight excluding hydrogens is 374 g/mol. The molecule has 0 atom stereocenters. The Morgan fingerprint density at radius 2 is 1.75 bits per heavy atom. The van der Waals surface area contributed by atoms with Crippen LogP contribution in [0.2, 0.25) is 0 Å². The molecule has 0 aromatic heterocycles. The summed E-state index contributed by atoms with van der Waals surface area (Å²) in [4.78, 5) is 16.9. The van der Waals surface area contributed by atoms with Crippen molar-refractivity contribution in [3.05, 3.63) is 71.8 Å². The zero-order chi connectivity index (χ0) is 20.0. The second-order valence-electron chi connectivity index (χ2n) is 6.64. The van der Waals surface area contributed by atoms with Crippen LogP contribution in [0, 0.1) is 0 Å². The van der Waals surface area contributed by atoms with Crippen molar-refractivity contribution < 1.29 is 13.2 Å². The van der Waals surface area contributed by atoms with E-state index in [0.717, 1.165) is 19.6 Å². The highest BCUT2D eigenvalue weighted by molar-refractivity contribution is 7.89.